The molecule has 0 saturated carbocycles. The fraction of sp³-hybridized carbons (Fsp3) is 0.286. The van der Waals surface area contributed by atoms with E-state index in [1.54, 1.807) is 19.1 Å². The zero-order chi connectivity index (χ0) is 14.7. The van der Waals surface area contributed by atoms with Crippen molar-refractivity contribution >= 4 is 22.8 Å². The summed E-state index contributed by atoms with van der Waals surface area (Å²) in [5.74, 6) is -0.136. The zero-order valence-corrected chi connectivity index (χ0v) is 11.2. The van der Waals surface area contributed by atoms with E-state index in [0.717, 1.165) is 10.9 Å². The van der Waals surface area contributed by atoms with Gasteiger partial charge in [0.25, 0.3) is 0 Å². The van der Waals surface area contributed by atoms with Crippen LogP contribution in [0.15, 0.2) is 22.6 Å². The number of carboxylic acids is 1. The normalized spacial score (nSPS) is 10.5. The number of nitrogens with one attached hydrogen (secondary N) is 1. The Balaban J connectivity index is 2.36. The molecule has 2 N–H and O–H groups in total. The molecule has 0 saturated heterocycles. The van der Waals surface area contributed by atoms with Crippen LogP contribution in [-0.4, -0.2) is 23.6 Å². The highest BCUT2D eigenvalue weighted by Gasteiger charge is 2.15. The predicted molar refractivity (Wildman–Crippen MR) is 71.6 cm³/mol. The molecule has 2 aromatic rings. The summed E-state index contributed by atoms with van der Waals surface area (Å²) in [6, 6.07) is 5.25. The van der Waals surface area contributed by atoms with Crippen molar-refractivity contribution in [3.63, 3.8) is 0 Å². The Bertz CT molecular complexity index is 659. The zero-order valence-electron chi connectivity index (χ0n) is 11.2. The van der Waals surface area contributed by atoms with Gasteiger partial charge in [-0.25, -0.2) is 4.79 Å². The molecule has 0 fully saturated rings. The molecule has 6 heteroatoms. The molecule has 0 bridgehead atoms. The number of aliphatic carboxylic acids is 1. The third kappa shape index (κ3) is 2.90. The largest absolute Gasteiger partial charge is 0.479 e. The molecule has 0 spiro atoms. The Hall–Kier alpha value is -2.50. The van der Waals surface area contributed by atoms with Crippen molar-refractivity contribution in [3.05, 3.63) is 29.5 Å². The Labute approximate surface area is 115 Å². The van der Waals surface area contributed by atoms with Crippen LogP contribution in [0.5, 0.6) is 5.75 Å². The maximum Gasteiger partial charge on any atom is 0.341 e. The molecule has 1 aromatic carbocycles. The van der Waals surface area contributed by atoms with Gasteiger partial charge in [-0.1, -0.05) is 12.1 Å². The van der Waals surface area contributed by atoms with Crippen LogP contribution in [0, 0.1) is 6.92 Å². The molecule has 1 aromatic heterocycles. The first-order chi connectivity index (χ1) is 9.49. The maximum atomic E-state index is 11.0. The third-order valence-electron chi connectivity index (χ3n) is 2.85. The van der Waals surface area contributed by atoms with Gasteiger partial charge in [0.05, 0.1) is 0 Å². The number of para-hydroxylation sites is 1. The highest BCUT2D eigenvalue weighted by molar-refractivity contribution is 5.88. The third-order valence-corrected chi connectivity index (χ3v) is 2.85. The second-order valence-electron chi connectivity index (χ2n) is 4.36. The van der Waals surface area contributed by atoms with E-state index >= 15 is 0 Å². The van der Waals surface area contributed by atoms with E-state index in [2.05, 4.69) is 5.32 Å². The number of carboxylic acid groups (broad SMARTS) is 1. The average Bonchev–Trinajstić information content (AvgIpc) is 2.70. The van der Waals surface area contributed by atoms with Crippen LogP contribution < -0.4 is 10.1 Å². The Kier molecular flexibility index (Phi) is 3.93. The summed E-state index contributed by atoms with van der Waals surface area (Å²) in [5.41, 5.74) is 1.35. The number of carbonyl (C=O) groups excluding carboxylic acids is 1. The number of fused-ring (bicyclic) bond motifs is 1. The lowest BCUT2D eigenvalue weighted by atomic mass is 10.1. The molecule has 0 aliphatic carbocycles. The second-order valence-corrected chi connectivity index (χ2v) is 4.36. The molecule has 0 atom stereocenters. The maximum absolute atomic E-state index is 11.0. The number of furan rings is 1. The summed E-state index contributed by atoms with van der Waals surface area (Å²) in [6.07, 6.45) is 0. The highest BCUT2D eigenvalue weighted by Crippen LogP contribution is 2.32. The summed E-state index contributed by atoms with van der Waals surface area (Å²) >= 11 is 0. The van der Waals surface area contributed by atoms with Crippen molar-refractivity contribution in [3.8, 4) is 5.75 Å². The van der Waals surface area contributed by atoms with Crippen molar-refractivity contribution < 1.29 is 23.8 Å². The van der Waals surface area contributed by atoms with E-state index in [0.29, 0.717) is 23.6 Å². The van der Waals surface area contributed by atoms with Gasteiger partial charge >= 0.3 is 5.97 Å². The smallest absolute Gasteiger partial charge is 0.341 e. The quantitative estimate of drug-likeness (QED) is 0.870. The predicted octanol–water partition coefficient (Wildman–Crippen LogP) is 1.84. The number of carbonyl (C=O) groups is 2. The van der Waals surface area contributed by atoms with Gasteiger partial charge in [-0.05, 0) is 13.0 Å². The number of hydrogen-bond acceptors (Lipinski definition) is 4. The lowest BCUT2D eigenvalue weighted by Gasteiger charge is -2.04. The molecular formula is C14H15NO5. The number of ether oxygens (including phenoxy) is 1. The number of aryl methyl sites for hydroxylation is 1. The van der Waals surface area contributed by atoms with Crippen LogP contribution in [0.3, 0.4) is 0 Å². The fourth-order valence-corrected chi connectivity index (χ4v) is 1.95. The van der Waals surface area contributed by atoms with E-state index in [1.165, 1.54) is 6.92 Å². The van der Waals surface area contributed by atoms with Gasteiger partial charge in [-0.15, -0.1) is 0 Å². The molecule has 0 aliphatic heterocycles. The molecule has 20 heavy (non-hydrogen) atoms. The summed E-state index contributed by atoms with van der Waals surface area (Å²) in [4.78, 5) is 21.6. The fourth-order valence-electron chi connectivity index (χ4n) is 1.95. The molecule has 1 heterocycles. The van der Waals surface area contributed by atoms with E-state index in [-0.39, 0.29) is 5.91 Å². The van der Waals surface area contributed by atoms with E-state index < -0.39 is 12.6 Å². The first-order valence-corrected chi connectivity index (χ1v) is 6.09. The average molecular weight is 277 g/mol. The van der Waals surface area contributed by atoms with Crippen LogP contribution in [-0.2, 0) is 16.1 Å². The Morgan fingerprint density at radius 1 is 1.40 bits per heavy atom. The van der Waals surface area contributed by atoms with Crippen molar-refractivity contribution in [2.45, 2.75) is 20.4 Å². The van der Waals surface area contributed by atoms with Crippen LogP contribution in [0.2, 0.25) is 0 Å². The molecule has 6 nitrogen and oxygen atoms in total. The van der Waals surface area contributed by atoms with E-state index in [9.17, 15) is 9.59 Å². The molecule has 1 amide bonds. The minimum Gasteiger partial charge on any atom is -0.479 e. The lowest BCUT2D eigenvalue weighted by Crippen LogP contribution is -2.19. The van der Waals surface area contributed by atoms with Gasteiger partial charge in [0, 0.05) is 24.4 Å². The van der Waals surface area contributed by atoms with Crippen LogP contribution in [0.4, 0.5) is 0 Å². The summed E-state index contributed by atoms with van der Waals surface area (Å²) in [5, 5.41) is 12.2. The van der Waals surface area contributed by atoms with Crippen molar-refractivity contribution in [1.29, 1.82) is 0 Å². The van der Waals surface area contributed by atoms with Gasteiger partial charge in [0.1, 0.15) is 5.76 Å². The second kappa shape index (κ2) is 5.64. The van der Waals surface area contributed by atoms with E-state index in [1.807, 2.05) is 6.07 Å². The minimum atomic E-state index is -1.05. The molecular weight excluding hydrogens is 262 g/mol. The number of amides is 1. The number of benzene rings is 1. The molecule has 0 aliphatic rings. The first kappa shape index (κ1) is 13.9. The lowest BCUT2D eigenvalue weighted by molar-refractivity contribution is -0.139. The summed E-state index contributed by atoms with van der Waals surface area (Å²) < 4.78 is 10.8. The van der Waals surface area contributed by atoms with Gasteiger partial charge < -0.3 is 19.6 Å². The van der Waals surface area contributed by atoms with Gasteiger partial charge in [0.15, 0.2) is 17.9 Å². The summed E-state index contributed by atoms with van der Waals surface area (Å²) in [6.45, 7) is 3.16. The standard InChI is InChI=1S/C14H15NO5/c1-8-11(6-15-9(2)16)10-4-3-5-12(14(10)20-8)19-7-13(17)18/h3-5H,6-7H2,1-2H3,(H,15,16)(H,17,18). The first-order valence-electron chi connectivity index (χ1n) is 6.09. The highest BCUT2D eigenvalue weighted by atomic mass is 16.5. The molecule has 106 valence electrons. The van der Waals surface area contributed by atoms with Crippen LogP contribution >= 0.6 is 0 Å². The minimum absolute atomic E-state index is 0.128. The molecule has 0 unspecified atom stereocenters. The Morgan fingerprint density at radius 3 is 2.80 bits per heavy atom. The van der Waals surface area contributed by atoms with E-state index in [4.69, 9.17) is 14.3 Å². The topological polar surface area (TPSA) is 88.8 Å². The van der Waals surface area contributed by atoms with Crippen LogP contribution in [0.1, 0.15) is 18.2 Å². The molecule has 0 radical (unpaired) electrons. The van der Waals surface area contributed by atoms with Gasteiger partial charge in [-0.2, -0.15) is 0 Å². The van der Waals surface area contributed by atoms with Crippen molar-refractivity contribution in [2.75, 3.05) is 6.61 Å². The Morgan fingerprint density at radius 2 is 2.15 bits per heavy atom. The van der Waals surface area contributed by atoms with Gasteiger partial charge in [-0.3, -0.25) is 4.79 Å². The summed E-state index contributed by atoms with van der Waals surface area (Å²) in [7, 11) is 0. The number of hydrogen-bond donors (Lipinski definition) is 2. The van der Waals surface area contributed by atoms with Crippen molar-refractivity contribution in [1.82, 2.24) is 5.32 Å². The SMILES string of the molecule is CC(=O)NCc1c(C)oc2c(OCC(=O)O)cccc12. The van der Waals surface area contributed by atoms with Crippen LogP contribution in [0.25, 0.3) is 11.0 Å². The van der Waals surface area contributed by atoms with Gasteiger partial charge in [0.2, 0.25) is 5.91 Å². The monoisotopic (exact) mass is 277 g/mol. The van der Waals surface area contributed by atoms with Crippen molar-refractivity contribution in [2.24, 2.45) is 0 Å². The number of rotatable bonds is 5. The molecule has 2 rings (SSSR count).